The number of aromatic nitrogens is 2. The van der Waals surface area contributed by atoms with Crippen LogP contribution in [0.3, 0.4) is 0 Å². The van der Waals surface area contributed by atoms with E-state index in [1.165, 1.54) is 0 Å². The quantitative estimate of drug-likeness (QED) is 0.240. The third kappa shape index (κ3) is 9.07. The normalized spacial score (nSPS) is 21.0. The molecule has 0 amide bonds. The molecule has 3 saturated heterocycles. The van der Waals surface area contributed by atoms with Gasteiger partial charge in [0.25, 0.3) is 0 Å². The van der Waals surface area contributed by atoms with Gasteiger partial charge >= 0.3 is 5.97 Å². The van der Waals surface area contributed by atoms with Gasteiger partial charge in [0, 0.05) is 60.9 Å². The van der Waals surface area contributed by atoms with Crippen LogP contribution in [0.25, 0.3) is 11.3 Å². The molecule has 1 aromatic carbocycles. The number of rotatable bonds is 13. The Morgan fingerprint density at radius 2 is 1.78 bits per heavy atom. The van der Waals surface area contributed by atoms with Crippen LogP contribution in [0.5, 0.6) is 11.6 Å². The summed E-state index contributed by atoms with van der Waals surface area (Å²) in [6.45, 7) is 7.19. The average molecular weight is 672 g/mol. The van der Waals surface area contributed by atoms with Crippen molar-refractivity contribution in [3.8, 4) is 22.9 Å². The molecule has 2 unspecified atom stereocenters. The fraction of sp³-hybridized carbons (Fsp3) is 0.485. The van der Waals surface area contributed by atoms with Crippen LogP contribution in [0.15, 0.2) is 48.7 Å². The second-order valence-corrected chi connectivity index (χ2v) is 12.9. The van der Waals surface area contributed by atoms with Crippen LogP contribution in [0.4, 0.5) is 5.82 Å². The Kier molecular flexibility index (Phi) is 10.9. The molecule has 2 atom stereocenters. The number of pyridine rings is 2. The van der Waals surface area contributed by atoms with E-state index in [1.54, 1.807) is 12.3 Å². The summed E-state index contributed by atoms with van der Waals surface area (Å²) in [5.41, 5.74) is 2.63. The zero-order valence-corrected chi connectivity index (χ0v) is 27.4. The van der Waals surface area contributed by atoms with E-state index < -0.39 is 5.97 Å². The molecule has 0 aliphatic carbocycles. The molecule has 3 aliphatic heterocycles. The van der Waals surface area contributed by atoms with Crippen molar-refractivity contribution in [1.29, 1.82) is 0 Å². The van der Waals surface area contributed by atoms with Gasteiger partial charge in [-0.15, -0.1) is 0 Å². The van der Waals surface area contributed by atoms with E-state index in [4.69, 9.17) is 47.5 Å². The van der Waals surface area contributed by atoms with Crippen LogP contribution in [-0.2, 0) is 20.8 Å². The van der Waals surface area contributed by atoms with Crippen molar-refractivity contribution in [1.82, 2.24) is 25.1 Å². The van der Waals surface area contributed by atoms with Crippen LogP contribution < -0.4 is 15.0 Å². The molecule has 3 fully saturated rings. The number of epoxide rings is 1. The molecule has 0 spiro atoms. The summed E-state index contributed by atoms with van der Waals surface area (Å²) < 4.78 is 17.6. The molecule has 2 aromatic heterocycles. The van der Waals surface area contributed by atoms with Crippen molar-refractivity contribution in [2.45, 2.75) is 38.3 Å². The number of anilines is 1. The first-order valence-electron chi connectivity index (χ1n) is 15.8. The van der Waals surface area contributed by atoms with Crippen molar-refractivity contribution in [3.63, 3.8) is 0 Å². The van der Waals surface area contributed by atoms with E-state index in [1.807, 2.05) is 37.4 Å². The number of hydrogen-bond acceptors (Lipinski definition) is 10. The first-order valence-corrected chi connectivity index (χ1v) is 16.5. The molecule has 11 nitrogen and oxygen atoms in total. The van der Waals surface area contributed by atoms with E-state index >= 15 is 0 Å². The van der Waals surface area contributed by atoms with Crippen molar-refractivity contribution in [2.24, 2.45) is 5.92 Å². The van der Waals surface area contributed by atoms with Gasteiger partial charge < -0.3 is 24.2 Å². The molecule has 6 rings (SSSR count). The van der Waals surface area contributed by atoms with Crippen LogP contribution in [0.1, 0.15) is 24.8 Å². The van der Waals surface area contributed by atoms with E-state index in [0.29, 0.717) is 34.1 Å². The van der Waals surface area contributed by atoms with Gasteiger partial charge in [0.1, 0.15) is 11.6 Å². The lowest BCUT2D eigenvalue weighted by Crippen LogP contribution is -2.47. The van der Waals surface area contributed by atoms with Crippen molar-refractivity contribution < 1.29 is 24.1 Å². The van der Waals surface area contributed by atoms with Crippen molar-refractivity contribution in [3.05, 3.63) is 64.3 Å². The molecule has 246 valence electrons. The second-order valence-electron chi connectivity index (χ2n) is 12.1. The third-order valence-electron chi connectivity index (χ3n) is 8.65. The van der Waals surface area contributed by atoms with Crippen LogP contribution in [0.2, 0.25) is 10.0 Å². The molecule has 0 saturated carbocycles. The predicted octanol–water partition coefficient (Wildman–Crippen LogP) is 4.97. The minimum atomic E-state index is -0.766. The molecule has 0 bridgehead atoms. The lowest BCUT2D eigenvalue weighted by Gasteiger charge is -2.35. The predicted molar refractivity (Wildman–Crippen MR) is 177 cm³/mol. The number of carboxylic acids is 1. The lowest BCUT2D eigenvalue weighted by atomic mass is 9.97. The molecular formula is C33H40Cl2N6O5. The standard InChI is InChI=1S/C33H40Cl2N6O5/c1-36-32-33(46-32)44-21-22-4-7-40(8-5-22)20-23-14-28(24-16-25(34)18-26(35)17-24)38-30(15-23)45-27-2-3-29(37-19-27)41-12-10-39(11-13-41)9-6-31(42)43/h2-3,14-19,22,32-33,36H,4-13,20-21H2,1H3,(H,42,43). The molecule has 3 aliphatic rings. The average Bonchev–Trinajstić information content (AvgIpc) is 3.82. The monoisotopic (exact) mass is 670 g/mol. The first kappa shape index (κ1) is 32.9. The number of likely N-dealkylation sites (N-methyl/N-ethyl adjacent to an activating group) is 1. The number of carbonyl (C=O) groups is 1. The Balaban J connectivity index is 1.10. The molecule has 13 heteroatoms. The van der Waals surface area contributed by atoms with Gasteiger partial charge in [-0.2, -0.15) is 0 Å². The summed E-state index contributed by atoms with van der Waals surface area (Å²) in [7, 11) is 1.88. The van der Waals surface area contributed by atoms with Crippen molar-refractivity contribution >= 4 is 35.0 Å². The number of piperazine rings is 1. The van der Waals surface area contributed by atoms with E-state index in [0.717, 1.165) is 87.9 Å². The number of piperidine rings is 1. The number of benzene rings is 1. The largest absolute Gasteiger partial charge is 0.481 e. The molecule has 46 heavy (non-hydrogen) atoms. The highest BCUT2D eigenvalue weighted by molar-refractivity contribution is 6.35. The zero-order chi connectivity index (χ0) is 32.0. The number of hydrogen-bond donors (Lipinski definition) is 2. The van der Waals surface area contributed by atoms with Gasteiger partial charge in [-0.25, -0.2) is 9.97 Å². The highest BCUT2D eigenvalue weighted by atomic mass is 35.5. The van der Waals surface area contributed by atoms with Gasteiger partial charge in [-0.3, -0.25) is 19.9 Å². The van der Waals surface area contributed by atoms with Crippen LogP contribution >= 0.6 is 23.2 Å². The molecule has 5 heterocycles. The highest BCUT2D eigenvalue weighted by Gasteiger charge is 2.39. The van der Waals surface area contributed by atoms with E-state index in [-0.39, 0.29) is 18.9 Å². The molecule has 0 radical (unpaired) electrons. The first-order chi connectivity index (χ1) is 22.3. The minimum absolute atomic E-state index is 0.0275. The lowest BCUT2D eigenvalue weighted by molar-refractivity contribution is -0.137. The maximum Gasteiger partial charge on any atom is 0.304 e. The summed E-state index contributed by atoms with van der Waals surface area (Å²) in [5, 5.41) is 13.1. The Morgan fingerprint density at radius 3 is 2.43 bits per heavy atom. The Bertz CT molecular complexity index is 1460. The summed E-state index contributed by atoms with van der Waals surface area (Å²) in [6.07, 6.45) is 3.92. The maximum absolute atomic E-state index is 10.9. The zero-order valence-electron chi connectivity index (χ0n) is 25.9. The summed E-state index contributed by atoms with van der Waals surface area (Å²) in [6, 6.07) is 13.3. The topological polar surface area (TPSA) is 116 Å². The van der Waals surface area contributed by atoms with E-state index in [9.17, 15) is 4.79 Å². The van der Waals surface area contributed by atoms with Crippen LogP contribution in [-0.4, -0.2) is 103 Å². The summed E-state index contributed by atoms with van der Waals surface area (Å²) in [5.74, 6) is 1.68. The SMILES string of the molecule is CNC1OC1OCC1CCN(Cc2cc(Oc3ccc(N4CCN(CCC(=O)O)CC4)nc3)nc(-c3cc(Cl)cc(Cl)c3)c2)CC1. The van der Waals surface area contributed by atoms with Gasteiger partial charge in [-0.05, 0) is 80.9 Å². The second kappa shape index (κ2) is 15.2. The number of aliphatic carboxylic acids is 1. The molecule has 2 N–H and O–H groups in total. The number of carboxylic acid groups (broad SMARTS) is 1. The fourth-order valence-electron chi connectivity index (χ4n) is 5.98. The number of ether oxygens (including phenoxy) is 3. The van der Waals surface area contributed by atoms with Gasteiger partial charge in [0.15, 0.2) is 12.5 Å². The Labute approximate surface area is 279 Å². The minimum Gasteiger partial charge on any atom is -0.481 e. The Hall–Kier alpha value is -3.03. The summed E-state index contributed by atoms with van der Waals surface area (Å²) in [4.78, 5) is 27.2. The van der Waals surface area contributed by atoms with Gasteiger partial charge in [0.2, 0.25) is 5.88 Å². The Morgan fingerprint density at radius 1 is 1.02 bits per heavy atom. The maximum atomic E-state index is 10.9. The number of halogens is 2. The van der Waals surface area contributed by atoms with Gasteiger partial charge in [0.05, 0.1) is 24.9 Å². The number of nitrogens with zero attached hydrogens (tertiary/aromatic N) is 5. The van der Waals surface area contributed by atoms with Crippen molar-refractivity contribution in [2.75, 3.05) is 64.4 Å². The van der Waals surface area contributed by atoms with Gasteiger partial charge in [-0.1, -0.05) is 23.2 Å². The fourth-order valence-corrected chi connectivity index (χ4v) is 6.50. The summed E-state index contributed by atoms with van der Waals surface area (Å²) >= 11 is 12.7. The smallest absolute Gasteiger partial charge is 0.304 e. The highest BCUT2D eigenvalue weighted by Crippen LogP contribution is 2.31. The third-order valence-corrected chi connectivity index (χ3v) is 9.08. The number of likely N-dealkylation sites (tertiary alicyclic amines) is 1. The molecule has 3 aromatic rings. The number of nitrogens with one attached hydrogen (secondary N) is 1. The van der Waals surface area contributed by atoms with Crippen LogP contribution in [0, 0.1) is 5.92 Å². The van der Waals surface area contributed by atoms with E-state index in [2.05, 4.69) is 31.1 Å². The molecular weight excluding hydrogens is 631 g/mol.